The van der Waals surface area contributed by atoms with Gasteiger partial charge in [-0.15, -0.1) is 0 Å². The maximum absolute atomic E-state index is 12.4. The van der Waals surface area contributed by atoms with Crippen LogP contribution in [0.3, 0.4) is 0 Å². The van der Waals surface area contributed by atoms with Gasteiger partial charge in [-0.25, -0.2) is 0 Å². The monoisotopic (exact) mass is 320 g/mol. The molecule has 1 aliphatic rings. The highest BCUT2D eigenvalue weighted by Crippen LogP contribution is 2.24. The number of carbonyl (C=O) groups is 1. The summed E-state index contributed by atoms with van der Waals surface area (Å²) >= 11 is 0. The lowest BCUT2D eigenvalue weighted by molar-refractivity contribution is -0.114. The van der Waals surface area contributed by atoms with Crippen molar-refractivity contribution in [3.05, 3.63) is 78.9 Å². The van der Waals surface area contributed by atoms with Gasteiger partial charge in [0.1, 0.15) is 0 Å². The number of amides is 1. The molecule has 0 radical (unpaired) electrons. The van der Waals surface area contributed by atoms with E-state index in [0.717, 1.165) is 38.2 Å². The highest BCUT2D eigenvalue weighted by Gasteiger charge is 2.27. The highest BCUT2D eigenvalue weighted by molar-refractivity contribution is 6.01. The fourth-order valence-electron chi connectivity index (χ4n) is 3.38. The molecule has 0 N–H and O–H groups in total. The zero-order valence-electron chi connectivity index (χ0n) is 14.0. The van der Waals surface area contributed by atoms with Gasteiger partial charge in [-0.2, -0.15) is 0 Å². The standard InChI is InChI=1S/C21H24N2O/c1-2-21(24)23(19-11-7-4-8-12-19)20-13-15-22(16-14-20)17-18-9-5-3-6-10-18/h2-12,20H,1,13-17H2. The van der Waals surface area contributed by atoms with Crippen LogP contribution in [0.1, 0.15) is 18.4 Å². The second-order valence-corrected chi connectivity index (χ2v) is 6.24. The zero-order chi connectivity index (χ0) is 16.8. The molecule has 0 unspecified atom stereocenters. The Hall–Kier alpha value is -2.39. The summed E-state index contributed by atoms with van der Waals surface area (Å²) in [5.41, 5.74) is 2.31. The van der Waals surface area contributed by atoms with E-state index >= 15 is 0 Å². The van der Waals surface area contributed by atoms with Crippen molar-refractivity contribution in [3.8, 4) is 0 Å². The fourth-order valence-corrected chi connectivity index (χ4v) is 3.38. The Balaban J connectivity index is 1.65. The highest BCUT2D eigenvalue weighted by atomic mass is 16.2. The minimum Gasteiger partial charge on any atom is -0.306 e. The summed E-state index contributed by atoms with van der Waals surface area (Å²) in [6, 6.07) is 20.7. The molecule has 124 valence electrons. The van der Waals surface area contributed by atoms with E-state index in [-0.39, 0.29) is 11.9 Å². The van der Waals surface area contributed by atoms with Gasteiger partial charge in [0.25, 0.3) is 5.91 Å². The van der Waals surface area contributed by atoms with E-state index in [1.165, 1.54) is 11.6 Å². The Kier molecular flexibility index (Phi) is 5.44. The molecular formula is C21H24N2O. The first-order chi connectivity index (χ1) is 11.8. The van der Waals surface area contributed by atoms with E-state index < -0.39 is 0 Å². The molecular weight excluding hydrogens is 296 g/mol. The van der Waals surface area contributed by atoms with Gasteiger partial charge in [0, 0.05) is 31.4 Å². The molecule has 24 heavy (non-hydrogen) atoms. The third kappa shape index (κ3) is 3.92. The zero-order valence-corrected chi connectivity index (χ0v) is 14.0. The summed E-state index contributed by atoms with van der Waals surface area (Å²) in [6.07, 6.45) is 3.39. The number of anilines is 1. The summed E-state index contributed by atoms with van der Waals surface area (Å²) in [5, 5.41) is 0. The summed E-state index contributed by atoms with van der Waals surface area (Å²) in [5.74, 6) is -0.0114. The molecule has 1 fully saturated rings. The lowest BCUT2D eigenvalue weighted by Crippen LogP contribution is -2.47. The third-order valence-corrected chi connectivity index (χ3v) is 4.62. The Morgan fingerprint density at radius 2 is 1.62 bits per heavy atom. The van der Waals surface area contributed by atoms with Crippen LogP contribution in [-0.4, -0.2) is 29.9 Å². The Bertz CT molecular complexity index is 661. The minimum absolute atomic E-state index is 0.0114. The molecule has 1 amide bonds. The van der Waals surface area contributed by atoms with Gasteiger partial charge in [0.15, 0.2) is 0 Å². The number of hydrogen-bond acceptors (Lipinski definition) is 2. The quantitative estimate of drug-likeness (QED) is 0.781. The number of nitrogens with zero attached hydrogens (tertiary/aromatic N) is 2. The van der Waals surface area contributed by atoms with Gasteiger partial charge in [0.2, 0.25) is 0 Å². The summed E-state index contributed by atoms with van der Waals surface area (Å²) in [6.45, 7) is 6.67. The molecule has 1 saturated heterocycles. The normalized spacial score (nSPS) is 15.8. The van der Waals surface area contributed by atoms with E-state index in [9.17, 15) is 4.79 Å². The average molecular weight is 320 g/mol. The predicted molar refractivity (Wildman–Crippen MR) is 98.9 cm³/mol. The van der Waals surface area contributed by atoms with Crippen LogP contribution in [0.2, 0.25) is 0 Å². The molecule has 3 rings (SSSR count). The number of piperidine rings is 1. The summed E-state index contributed by atoms with van der Waals surface area (Å²) < 4.78 is 0. The molecule has 2 aromatic rings. The number of rotatable bonds is 5. The molecule has 0 saturated carbocycles. The van der Waals surface area contributed by atoms with Crippen molar-refractivity contribution in [2.75, 3.05) is 18.0 Å². The second-order valence-electron chi connectivity index (χ2n) is 6.24. The maximum Gasteiger partial charge on any atom is 0.250 e. The number of hydrogen-bond donors (Lipinski definition) is 0. The third-order valence-electron chi connectivity index (χ3n) is 4.62. The molecule has 3 heteroatoms. The Morgan fingerprint density at radius 1 is 1.04 bits per heavy atom. The van der Waals surface area contributed by atoms with E-state index in [1.54, 1.807) is 0 Å². The van der Waals surface area contributed by atoms with E-state index in [1.807, 2.05) is 41.3 Å². The first kappa shape index (κ1) is 16.5. The van der Waals surface area contributed by atoms with Crippen LogP contribution < -0.4 is 4.90 Å². The number of carbonyl (C=O) groups excluding carboxylic acids is 1. The van der Waals surface area contributed by atoms with Crippen molar-refractivity contribution in [1.29, 1.82) is 0 Å². The van der Waals surface area contributed by atoms with Gasteiger partial charge >= 0.3 is 0 Å². The molecule has 1 aliphatic heterocycles. The molecule has 0 bridgehead atoms. The predicted octanol–water partition coefficient (Wildman–Crippen LogP) is 3.87. The van der Waals surface area contributed by atoms with Crippen molar-refractivity contribution in [3.63, 3.8) is 0 Å². The van der Waals surface area contributed by atoms with Crippen LogP contribution in [-0.2, 0) is 11.3 Å². The van der Waals surface area contributed by atoms with Crippen LogP contribution in [0.4, 0.5) is 5.69 Å². The average Bonchev–Trinajstić information content (AvgIpc) is 2.65. The molecule has 0 spiro atoms. The molecule has 0 aromatic heterocycles. The number of likely N-dealkylation sites (tertiary alicyclic amines) is 1. The smallest absolute Gasteiger partial charge is 0.250 e. The van der Waals surface area contributed by atoms with Crippen molar-refractivity contribution in [1.82, 2.24) is 4.90 Å². The lowest BCUT2D eigenvalue weighted by atomic mass is 10.0. The van der Waals surface area contributed by atoms with E-state index in [0.29, 0.717) is 0 Å². The van der Waals surface area contributed by atoms with Gasteiger partial charge in [-0.1, -0.05) is 55.1 Å². The fraction of sp³-hybridized carbons (Fsp3) is 0.286. The van der Waals surface area contributed by atoms with Crippen molar-refractivity contribution >= 4 is 11.6 Å². The summed E-state index contributed by atoms with van der Waals surface area (Å²) in [4.78, 5) is 16.8. The van der Waals surface area contributed by atoms with Crippen LogP contribution >= 0.6 is 0 Å². The number of para-hydroxylation sites is 1. The maximum atomic E-state index is 12.4. The van der Waals surface area contributed by atoms with E-state index in [4.69, 9.17) is 0 Å². The van der Waals surface area contributed by atoms with Crippen molar-refractivity contribution in [2.24, 2.45) is 0 Å². The van der Waals surface area contributed by atoms with Gasteiger partial charge in [-0.3, -0.25) is 9.69 Å². The molecule has 2 aromatic carbocycles. The SMILES string of the molecule is C=CC(=O)N(c1ccccc1)C1CCN(Cc2ccccc2)CC1. The van der Waals surface area contributed by atoms with Crippen LogP contribution in [0, 0.1) is 0 Å². The minimum atomic E-state index is -0.0114. The summed E-state index contributed by atoms with van der Waals surface area (Å²) in [7, 11) is 0. The van der Waals surface area contributed by atoms with Crippen LogP contribution in [0.15, 0.2) is 73.3 Å². The van der Waals surface area contributed by atoms with Crippen LogP contribution in [0.25, 0.3) is 0 Å². The van der Waals surface area contributed by atoms with Gasteiger partial charge in [-0.05, 0) is 36.6 Å². The largest absolute Gasteiger partial charge is 0.306 e. The second kappa shape index (κ2) is 7.93. The van der Waals surface area contributed by atoms with Crippen molar-refractivity contribution < 1.29 is 4.79 Å². The van der Waals surface area contributed by atoms with E-state index in [2.05, 4.69) is 35.7 Å². The van der Waals surface area contributed by atoms with Crippen LogP contribution in [0.5, 0.6) is 0 Å². The molecule has 0 aliphatic carbocycles. The molecule has 1 heterocycles. The Morgan fingerprint density at radius 3 is 2.21 bits per heavy atom. The molecule has 3 nitrogen and oxygen atoms in total. The number of benzene rings is 2. The first-order valence-electron chi connectivity index (χ1n) is 8.55. The Labute approximate surface area is 144 Å². The first-order valence-corrected chi connectivity index (χ1v) is 8.55. The van der Waals surface area contributed by atoms with Crippen molar-refractivity contribution in [2.45, 2.75) is 25.4 Å². The molecule has 0 atom stereocenters. The lowest BCUT2D eigenvalue weighted by Gasteiger charge is -2.38. The topological polar surface area (TPSA) is 23.6 Å². The van der Waals surface area contributed by atoms with Gasteiger partial charge in [0.05, 0.1) is 0 Å². The van der Waals surface area contributed by atoms with Gasteiger partial charge < -0.3 is 4.90 Å².